The lowest BCUT2D eigenvalue weighted by atomic mass is 10.4. The predicted octanol–water partition coefficient (Wildman–Crippen LogP) is 1.46. The van der Waals surface area contributed by atoms with Gasteiger partial charge in [0.1, 0.15) is 0 Å². The number of aryl methyl sites for hydroxylation is 1. The Morgan fingerprint density at radius 3 is 3.06 bits per heavy atom. The van der Waals surface area contributed by atoms with Crippen LogP contribution in [0.25, 0.3) is 0 Å². The van der Waals surface area contributed by atoms with E-state index in [9.17, 15) is 4.79 Å². The van der Waals surface area contributed by atoms with E-state index in [-0.39, 0.29) is 5.97 Å². The van der Waals surface area contributed by atoms with Gasteiger partial charge in [-0.3, -0.25) is 0 Å². The molecule has 2 heterocycles. The highest BCUT2D eigenvalue weighted by molar-refractivity contribution is 7.15. The number of ether oxygens (including phenoxy) is 2. The predicted molar refractivity (Wildman–Crippen MR) is 65.8 cm³/mol. The van der Waals surface area contributed by atoms with E-state index >= 15 is 0 Å². The van der Waals surface area contributed by atoms with E-state index < -0.39 is 0 Å². The molecule has 6 heteroatoms. The smallest absolute Gasteiger partial charge is 0.357 e. The summed E-state index contributed by atoms with van der Waals surface area (Å²) in [5.41, 5.74) is 0.428. The SMILES string of the molecule is COC(=O)c1nc(N2CCCOCC2)sc1C. The average Bonchev–Trinajstić information content (AvgIpc) is 2.57. The van der Waals surface area contributed by atoms with Crippen LogP contribution in [0.5, 0.6) is 0 Å². The Labute approximate surface area is 104 Å². The Morgan fingerprint density at radius 2 is 2.29 bits per heavy atom. The maximum Gasteiger partial charge on any atom is 0.357 e. The highest BCUT2D eigenvalue weighted by Gasteiger charge is 2.20. The molecule has 5 nitrogen and oxygen atoms in total. The molecule has 0 spiro atoms. The van der Waals surface area contributed by atoms with Gasteiger partial charge in [0.05, 0.1) is 13.7 Å². The molecule has 0 atom stereocenters. The second-order valence-corrected chi connectivity index (χ2v) is 5.03. The molecule has 0 aromatic carbocycles. The molecule has 0 unspecified atom stereocenters. The number of anilines is 1. The summed E-state index contributed by atoms with van der Waals surface area (Å²) in [6.45, 7) is 5.15. The van der Waals surface area contributed by atoms with E-state index in [1.165, 1.54) is 18.4 Å². The standard InChI is InChI=1S/C11H16N2O3S/c1-8-9(10(14)15-2)12-11(17-8)13-4-3-6-16-7-5-13/h3-7H2,1-2H3. The number of methoxy groups -OCH3 is 1. The third-order valence-electron chi connectivity index (χ3n) is 2.66. The van der Waals surface area contributed by atoms with Crippen LogP contribution in [0.2, 0.25) is 0 Å². The van der Waals surface area contributed by atoms with Crippen LogP contribution in [0.4, 0.5) is 5.13 Å². The first-order valence-corrected chi connectivity index (χ1v) is 6.42. The molecule has 0 aliphatic carbocycles. The molecule has 0 saturated carbocycles. The summed E-state index contributed by atoms with van der Waals surface area (Å²) in [6.07, 6.45) is 0.992. The second-order valence-electron chi connectivity index (χ2n) is 3.85. The van der Waals surface area contributed by atoms with Gasteiger partial charge < -0.3 is 14.4 Å². The van der Waals surface area contributed by atoms with Gasteiger partial charge in [0.25, 0.3) is 0 Å². The number of carbonyl (C=O) groups excluding carboxylic acids is 1. The summed E-state index contributed by atoms with van der Waals surface area (Å²) in [5, 5.41) is 0.883. The fraction of sp³-hybridized carbons (Fsp3) is 0.636. The Morgan fingerprint density at radius 1 is 1.47 bits per heavy atom. The summed E-state index contributed by atoms with van der Waals surface area (Å²) in [7, 11) is 1.38. The fourth-order valence-electron chi connectivity index (χ4n) is 1.74. The van der Waals surface area contributed by atoms with Crippen molar-refractivity contribution < 1.29 is 14.3 Å². The number of hydrogen-bond donors (Lipinski definition) is 0. The zero-order valence-electron chi connectivity index (χ0n) is 10.1. The van der Waals surface area contributed by atoms with Crippen molar-refractivity contribution in [1.82, 2.24) is 4.98 Å². The van der Waals surface area contributed by atoms with Crippen molar-refractivity contribution in [2.24, 2.45) is 0 Å². The minimum atomic E-state index is -0.365. The lowest BCUT2D eigenvalue weighted by Gasteiger charge is -2.17. The van der Waals surface area contributed by atoms with E-state index in [2.05, 4.69) is 9.88 Å². The molecular weight excluding hydrogens is 240 g/mol. The highest BCUT2D eigenvalue weighted by atomic mass is 32.1. The Kier molecular flexibility index (Phi) is 3.96. The van der Waals surface area contributed by atoms with Crippen molar-refractivity contribution in [2.45, 2.75) is 13.3 Å². The van der Waals surface area contributed by atoms with Crippen LogP contribution < -0.4 is 4.90 Å². The molecule has 1 saturated heterocycles. The largest absolute Gasteiger partial charge is 0.464 e. The fourth-order valence-corrected chi connectivity index (χ4v) is 2.69. The molecule has 0 amide bonds. The van der Waals surface area contributed by atoms with Gasteiger partial charge >= 0.3 is 5.97 Å². The zero-order chi connectivity index (χ0) is 12.3. The van der Waals surface area contributed by atoms with E-state index in [1.54, 1.807) is 0 Å². The first-order valence-electron chi connectivity index (χ1n) is 5.61. The van der Waals surface area contributed by atoms with Crippen LogP contribution in [0, 0.1) is 6.92 Å². The van der Waals surface area contributed by atoms with Gasteiger partial charge in [-0.2, -0.15) is 0 Å². The third-order valence-corrected chi connectivity index (χ3v) is 3.69. The van der Waals surface area contributed by atoms with Gasteiger partial charge in [-0.05, 0) is 13.3 Å². The van der Waals surface area contributed by atoms with Crippen LogP contribution in [0.1, 0.15) is 21.8 Å². The number of hydrogen-bond acceptors (Lipinski definition) is 6. The van der Waals surface area contributed by atoms with Crippen LogP contribution >= 0.6 is 11.3 Å². The average molecular weight is 256 g/mol. The van der Waals surface area contributed by atoms with Gasteiger partial charge in [-0.25, -0.2) is 9.78 Å². The van der Waals surface area contributed by atoms with Crippen LogP contribution in [0.15, 0.2) is 0 Å². The van der Waals surface area contributed by atoms with Gasteiger partial charge in [-0.1, -0.05) is 0 Å². The van der Waals surface area contributed by atoms with Crippen molar-refractivity contribution in [1.29, 1.82) is 0 Å². The van der Waals surface area contributed by atoms with Crippen molar-refractivity contribution in [2.75, 3.05) is 38.3 Å². The number of rotatable bonds is 2. The van der Waals surface area contributed by atoms with Crippen LogP contribution in [0.3, 0.4) is 0 Å². The monoisotopic (exact) mass is 256 g/mol. The number of esters is 1. The summed E-state index contributed by atoms with van der Waals surface area (Å²) in [4.78, 5) is 18.9. The first kappa shape index (κ1) is 12.3. The van der Waals surface area contributed by atoms with E-state index in [0.717, 1.165) is 36.1 Å². The molecule has 1 aromatic rings. The molecule has 17 heavy (non-hydrogen) atoms. The topological polar surface area (TPSA) is 51.7 Å². The zero-order valence-corrected chi connectivity index (χ0v) is 10.9. The molecule has 2 rings (SSSR count). The number of carbonyl (C=O) groups is 1. The molecule has 0 radical (unpaired) electrons. The van der Waals surface area contributed by atoms with E-state index in [1.807, 2.05) is 6.92 Å². The van der Waals surface area contributed by atoms with Crippen LogP contribution in [-0.4, -0.2) is 44.4 Å². The first-order chi connectivity index (χ1) is 8.22. The molecule has 0 N–H and O–H groups in total. The minimum absolute atomic E-state index is 0.365. The Hall–Kier alpha value is -1.14. The van der Waals surface area contributed by atoms with Crippen molar-refractivity contribution >= 4 is 22.4 Å². The molecule has 1 aliphatic heterocycles. The van der Waals surface area contributed by atoms with Gasteiger partial charge in [0.2, 0.25) is 0 Å². The molecule has 0 bridgehead atoms. The lowest BCUT2D eigenvalue weighted by Crippen LogP contribution is -2.25. The normalized spacial score (nSPS) is 16.7. The number of nitrogens with zero attached hydrogens (tertiary/aromatic N) is 2. The third kappa shape index (κ3) is 2.76. The van der Waals surface area contributed by atoms with E-state index in [4.69, 9.17) is 9.47 Å². The number of aromatic nitrogens is 1. The summed E-state index contributed by atoms with van der Waals surface area (Å²) in [5.74, 6) is -0.365. The highest BCUT2D eigenvalue weighted by Crippen LogP contribution is 2.26. The van der Waals surface area contributed by atoms with Gasteiger partial charge in [0, 0.05) is 24.6 Å². The van der Waals surface area contributed by atoms with Crippen molar-refractivity contribution in [3.63, 3.8) is 0 Å². The molecule has 1 aromatic heterocycles. The molecule has 94 valence electrons. The molecule has 1 aliphatic rings. The van der Waals surface area contributed by atoms with Crippen molar-refractivity contribution in [3.05, 3.63) is 10.6 Å². The van der Waals surface area contributed by atoms with E-state index in [0.29, 0.717) is 12.3 Å². The molecule has 1 fully saturated rings. The minimum Gasteiger partial charge on any atom is -0.464 e. The van der Waals surface area contributed by atoms with Gasteiger partial charge in [-0.15, -0.1) is 11.3 Å². The number of thiazole rings is 1. The maximum absolute atomic E-state index is 11.5. The molecular formula is C11H16N2O3S. The summed E-state index contributed by atoms with van der Waals surface area (Å²) in [6, 6.07) is 0. The van der Waals surface area contributed by atoms with Gasteiger partial charge in [0.15, 0.2) is 10.8 Å². The summed E-state index contributed by atoms with van der Waals surface area (Å²) >= 11 is 1.53. The summed E-state index contributed by atoms with van der Waals surface area (Å²) < 4.78 is 10.1. The van der Waals surface area contributed by atoms with Crippen LogP contribution in [-0.2, 0) is 9.47 Å². The maximum atomic E-state index is 11.5. The quantitative estimate of drug-likeness (QED) is 0.750. The second kappa shape index (κ2) is 5.46. The lowest BCUT2D eigenvalue weighted by molar-refractivity contribution is 0.0594. The Bertz CT molecular complexity index is 397. The Balaban J connectivity index is 2.18. The van der Waals surface area contributed by atoms with Crippen molar-refractivity contribution in [3.8, 4) is 0 Å².